The maximum atomic E-state index is 14.6. The molecule has 1 aromatic heterocycles. The molecular weight excluding hydrogens is 221 g/mol. The van der Waals surface area contributed by atoms with Gasteiger partial charge in [0.2, 0.25) is 0 Å². The van der Waals surface area contributed by atoms with Crippen LogP contribution in [0.2, 0.25) is 0 Å². The van der Waals surface area contributed by atoms with E-state index in [-0.39, 0.29) is 0 Å². The topological polar surface area (TPSA) is 12.0 Å². The van der Waals surface area contributed by atoms with Crippen LogP contribution >= 0.6 is 11.3 Å². The Kier molecular flexibility index (Phi) is 3.65. The normalized spacial score (nSPS) is 25.3. The molecule has 1 saturated heterocycles. The van der Waals surface area contributed by atoms with Crippen LogP contribution in [0.25, 0.3) is 0 Å². The molecule has 1 fully saturated rings. The summed E-state index contributed by atoms with van der Waals surface area (Å²) in [5, 5.41) is 3.42. The van der Waals surface area contributed by atoms with Gasteiger partial charge in [-0.15, -0.1) is 11.3 Å². The van der Waals surface area contributed by atoms with Crippen LogP contribution in [-0.2, 0) is 5.67 Å². The number of nitrogens with one attached hydrogen (secondary N) is 1. The summed E-state index contributed by atoms with van der Waals surface area (Å²) in [6.07, 6.45) is 4.19. The quantitative estimate of drug-likeness (QED) is 0.849. The molecule has 16 heavy (non-hydrogen) atoms. The van der Waals surface area contributed by atoms with Crippen LogP contribution in [0, 0.1) is 6.92 Å². The number of hydrogen-bond acceptors (Lipinski definition) is 2. The van der Waals surface area contributed by atoms with Crippen molar-refractivity contribution in [2.45, 2.75) is 51.2 Å². The molecule has 0 radical (unpaired) electrons. The molecule has 3 heteroatoms. The fraction of sp³-hybridized carbons (Fsp3) is 0.692. The summed E-state index contributed by atoms with van der Waals surface area (Å²) in [5.74, 6) is 0. The summed E-state index contributed by atoms with van der Waals surface area (Å²) in [7, 11) is 0. The van der Waals surface area contributed by atoms with Crippen molar-refractivity contribution in [3.63, 3.8) is 0 Å². The van der Waals surface area contributed by atoms with E-state index in [1.54, 1.807) is 18.3 Å². The monoisotopic (exact) mass is 241 g/mol. The van der Waals surface area contributed by atoms with Crippen LogP contribution in [0.3, 0.4) is 0 Å². The Balaban J connectivity index is 2.01. The molecule has 2 unspecified atom stereocenters. The molecule has 2 atom stereocenters. The Morgan fingerprint density at radius 2 is 2.31 bits per heavy atom. The van der Waals surface area contributed by atoms with Crippen molar-refractivity contribution in [2.24, 2.45) is 0 Å². The van der Waals surface area contributed by atoms with Gasteiger partial charge in [0.15, 0.2) is 0 Å². The highest BCUT2D eigenvalue weighted by molar-refractivity contribution is 7.12. The first-order chi connectivity index (χ1) is 7.58. The summed E-state index contributed by atoms with van der Waals surface area (Å²) in [6.45, 7) is 4.79. The van der Waals surface area contributed by atoms with Gasteiger partial charge >= 0.3 is 0 Å². The third-order valence-corrected chi connectivity index (χ3v) is 4.54. The highest BCUT2D eigenvalue weighted by atomic mass is 32.1. The van der Waals surface area contributed by atoms with E-state index in [0.29, 0.717) is 12.5 Å². The number of rotatable bonds is 3. The minimum atomic E-state index is -1.17. The summed E-state index contributed by atoms with van der Waals surface area (Å²) in [4.78, 5) is 2.06. The Bertz CT molecular complexity index is 339. The van der Waals surface area contributed by atoms with Gasteiger partial charge in [-0.2, -0.15) is 0 Å². The van der Waals surface area contributed by atoms with Gasteiger partial charge in [0.25, 0.3) is 0 Å². The number of piperidine rings is 1. The van der Waals surface area contributed by atoms with Crippen molar-refractivity contribution in [3.05, 3.63) is 21.9 Å². The molecule has 0 spiro atoms. The van der Waals surface area contributed by atoms with Crippen LogP contribution in [-0.4, -0.2) is 12.6 Å². The first-order valence-electron chi connectivity index (χ1n) is 6.07. The van der Waals surface area contributed by atoms with Crippen molar-refractivity contribution in [1.82, 2.24) is 5.32 Å². The Labute approximate surface area is 101 Å². The van der Waals surface area contributed by atoms with Crippen molar-refractivity contribution in [1.29, 1.82) is 0 Å². The lowest BCUT2D eigenvalue weighted by Gasteiger charge is -2.29. The zero-order valence-electron chi connectivity index (χ0n) is 10.1. The molecule has 1 aliphatic rings. The molecule has 0 saturated carbocycles. The largest absolute Gasteiger partial charge is 0.314 e. The van der Waals surface area contributed by atoms with E-state index in [9.17, 15) is 4.39 Å². The van der Waals surface area contributed by atoms with E-state index in [2.05, 4.69) is 5.32 Å². The van der Waals surface area contributed by atoms with E-state index >= 15 is 0 Å². The summed E-state index contributed by atoms with van der Waals surface area (Å²) in [6, 6.07) is 4.29. The highest BCUT2D eigenvalue weighted by Crippen LogP contribution is 2.36. The lowest BCUT2D eigenvalue weighted by atomic mass is 9.92. The molecule has 0 bridgehead atoms. The van der Waals surface area contributed by atoms with Crippen LogP contribution < -0.4 is 5.32 Å². The lowest BCUT2D eigenvalue weighted by molar-refractivity contribution is 0.150. The average Bonchev–Trinajstić information content (AvgIpc) is 2.66. The summed E-state index contributed by atoms with van der Waals surface area (Å²) >= 11 is 1.58. The fourth-order valence-corrected chi connectivity index (χ4v) is 3.29. The van der Waals surface area contributed by atoms with Gasteiger partial charge < -0.3 is 5.32 Å². The molecule has 90 valence electrons. The predicted octanol–water partition coefficient (Wildman–Crippen LogP) is 3.77. The third kappa shape index (κ3) is 2.83. The Hall–Kier alpha value is -0.410. The number of alkyl halides is 1. The second kappa shape index (κ2) is 4.84. The van der Waals surface area contributed by atoms with Gasteiger partial charge in [0.1, 0.15) is 5.67 Å². The van der Waals surface area contributed by atoms with E-state index in [1.807, 2.05) is 19.1 Å². The average molecular weight is 241 g/mol. The number of aryl methyl sites for hydroxylation is 1. The first-order valence-corrected chi connectivity index (χ1v) is 6.89. The van der Waals surface area contributed by atoms with Crippen molar-refractivity contribution < 1.29 is 4.39 Å². The molecule has 1 aliphatic heterocycles. The SMILES string of the molecule is Cc1ccc(C(C)(F)CC2CCCCN2)s1. The maximum Gasteiger partial charge on any atom is 0.143 e. The fourth-order valence-electron chi connectivity index (χ4n) is 2.38. The second-order valence-electron chi connectivity index (χ2n) is 4.96. The maximum absolute atomic E-state index is 14.6. The zero-order chi connectivity index (χ0) is 11.6. The molecule has 2 heterocycles. The van der Waals surface area contributed by atoms with Crippen LogP contribution in [0.1, 0.15) is 42.4 Å². The Morgan fingerprint density at radius 3 is 2.88 bits per heavy atom. The van der Waals surface area contributed by atoms with Gasteiger partial charge in [0, 0.05) is 22.2 Å². The zero-order valence-corrected chi connectivity index (χ0v) is 10.9. The highest BCUT2D eigenvalue weighted by Gasteiger charge is 2.31. The smallest absolute Gasteiger partial charge is 0.143 e. The first kappa shape index (κ1) is 12.1. The molecule has 1 aromatic rings. The van der Waals surface area contributed by atoms with Crippen molar-refractivity contribution >= 4 is 11.3 Å². The summed E-state index contributed by atoms with van der Waals surface area (Å²) in [5.41, 5.74) is -1.17. The van der Waals surface area contributed by atoms with Gasteiger partial charge in [-0.05, 0) is 45.4 Å². The Morgan fingerprint density at radius 1 is 1.50 bits per heavy atom. The third-order valence-electron chi connectivity index (χ3n) is 3.30. The minimum absolute atomic E-state index is 0.353. The van der Waals surface area contributed by atoms with E-state index in [0.717, 1.165) is 17.8 Å². The van der Waals surface area contributed by atoms with Crippen LogP contribution in [0.15, 0.2) is 12.1 Å². The van der Waals surface area contributed by atoms with Crippen molar-refractivity contribution in [2.75, 3.05) is 6.54 Å². The van der Waals surface area contributed by atoms with Gasteiger partial charge in [-0.3, -0.25) is 0 Å². The van der Waals surface area contributed by atoms with Crippen LogP contribution in [0.4, 0.5) is 4.39 Å². The molecule has 0 aliphatic carbocycles. The van der Waals surface area contributed by atoms with Crippen molar-refractivity contribution in [3.8, 4) is 0 Å². The van der Waals surface area contributed by atoms with Crippen LogP contribution in [0.5, 0.6) is 0 Å². The number of hydrogen-bond donors (Lipinski definition) is 1. The molecule has 2 rings (SSSR count). The molecule has 0 amide bonds. The van der Waals surface area contributed by atoms with E-state index in [4.69, 9.17) is 0 Å². The molecule has 1 nitrogen and oxygen atoms in total. The molecular formula is C13H20FNS. The standard InChI is InChI=1S/C13H20FNS/c1-10-6-7-12(16-10)13(2,14)9-11-5-3-4-8-15-11/h6-7,11,15H,3-5,8-9H2,1-2H3. The molecule has 0 aromatic carbocycles. The second-order valence-corrected chi connectivity index (χ2v) is 6.25. The van der Waals surface area contributed by atoms with Gasteiger partial charge in [-0.25, -0.2) is 4.39 Å². The van der Waals surface area contributed by atoms with E-state index < -0.39 is 5.67 Å². The van der Waals surface area contributed by atoms with E-state index in [1.165, 1.54) is 17.7 Å². The number of halogens is 1. The predicted molar refractivity (Wildman–Crippen MR) is 67.8 cm³/mol. The molecule has 1 N–H and O–H groups in total. The minimum Gasteiger partial charge on any atom is -0.314 e. The number of thiophene rings is 1. The summed E-state index contributed by atoms with van der Waals surface area (Å²) < 4.78 is 14.6. The van der Waals surface area contributed by atoms with Gasteiger partial charge in [0.05, 0.1) is 0 Å². The lowest BCUT2D eigenvalue weighted by Crippen LogP contribution is -2.38. The van der Waals surface area contributed by atoms with Gasteiger partial charge in [-0.1, -0.05) is 6.42 Å².